The number of rotatable bonds is 6. The fraction of sp³-hybridized carbons (Fsp3) is 0.412. The van der Waals surface area contributed by atoms with Gasteiger partial charge in [0.2, 0.25) is 5.91 Å². The normalized spacial score (nSPS) is 10.9. The van der Waals surface area contributed by atoms with Gasteiger partial charge in [0.05, 0.1) is 5.69 Å². The number of carbonyl (C=O) groups is 1. The molecular weight excluding hydrogens is 280 g/mol. The van der Waals surface area contributed by atoms with Crippen molar-refractivity contribution in [2.45, 2.75) is 46.1 Å². The fourth-order valence-corrected chi connectivity index (χ4v) is 2.95. The maximum Gasteiger partial charge on any atom is 0.220 e. The largest absolute Gasteiger partial charge is 0.352 e. The molecule has 0 spiro atoms. The second-order valence-electron chi connectivity index (χ2n) is 5.46. The van der Waals surface area contributed by atoms with Gasteiger partial charge >= 0.3 is 0 Å². The minimum absolute atomic E-state index is 0.114. The molecule has 0 atom stereocenters. The predicted molar refractivity (Wildman–Crippen MR) is 88.4 cm³/mol. The SMILES string of the molecule is CCCC(=O)NCc1ccc(-c2nc(C(C)C)cs2)cc1. The molecule has 1 aromatic heterocycles. The topological polar surface area (TPSA) is 42.0 Å². The van der Waals surface area contributed by atoms with Crippen molar-refractivity contribution in [3.05, 3.63) is 40.9 Å². The van der Waals surface area contributed by atoms with E-state index in [1.54, 1.807) is 11.3 Å². The zero-order chi connectivity index (χ0) is 15.2. The highest BCUT2D eigenvalue weighted by Crippen LogP contribution is 2.26. The second-order valence-corrected chi connectivity index (χ2v) is 6.31. The Bertz CT molecular complexity index is 587. The molecule has 1 aromatic carbocycles. The number of hydrogen-bond acceptors (Lipinski definition) is 3. The van der Waals surface area contributed by atoms with Crippen LogP contribution in [0.5, 0.6) is 0 Å². The molecule has 0 saturated carbocycles. The minimum atomic E-state index is 0.114. The highest BCUT2D eigenvalue weighted by molar-refractivity contribution is 7.13. The maximum absolute atomic E-state index is 11.5. The molecule has 0 aliphatic rings. The van der Waals surface area contributed by atoms with E-state index in [1.807, 2.05) is 6.92 Å². The van der Waals surface area contributed by atoms with Crippen molar-refractivity contribution >= 4 is 17.2 Å². The van der Waals surface area contributed by atoms with Gasteiger partial charge < -0.3 is 5.32 Å². The third-order valence-corrected chi connectivity index (χ3v) is 4.19. The van der Waals surface area contributed by atoms with Crippen LogP contribution in [0.25, 0.3) is 10.6 Å². The van der Waals surface area contributed by atoms with Crippen molar-refractivity contribution in [3.63, 3.8) is 0 Å². The second kappa shape index (κ2) is 7.36. The molecule has 1 N–H and O–H groups in total. The first-order valence-corrected chi connectivity index (χ1v) is 8.29. The summed E-state index contributed by atoms with van der Waals surface area (Å²) >= 11 is 1.68. The van der Waals surface area contributed by atoms with Crippen LogP contribution in [0.1, 0.15) is 50.8 Å². The van der Waals surface area contributed by atoms with E-state index in [-0.39, 0.29) is 5.91 Å². The van der Waals surface area contributed by atoms with E-state index in [1.165, 1.54) is 0 Å². The van der Waals surface area contributed by atoms with Crippen LogP contribution in [0.3, 0.4) is 0 Å². The number of benzene rings is 1. The summed E-state index contributed by atoms with van der Waals surface area (Å²) in [5.74, 6) is 0.575. The Hall–Kier alpha value is -1.68. The predicted octanol–water partition coefficient (Wildman–Crippen LogP) is 4.35. The molecule has 0 unspecified atom stereocenters. The summed E-state index contributed by atoms with van der Waals surface area (Å²) in [5, 5.41) is 6.11. The van der Waals surface area contributed by atoms with E-state index in [4.69, 9.17) is 0 Å². The molecule has 112 valence electrons. The monoisotopic (exact) mass is 302 g/mol. The molecule has 0 fully saturated rings. The summed E-state index contributed by atoms with van der Waals surface area (Å²) in [6, 6.07) is 8.25. The summed E-state index contributed by atoms with van der Waals surface area (Å²) in [5.41, 5.74) is 3.39. The Balaban J connectivity index is 1.99. The molecule has 0 bridgehead atoms. The van der Waals surface area contributed by atoms with Crippen LogP contribution in [0.15, 0.2) is 29.6 Å². The number of carbonyl (C=O) groups excluding carboxylic acids is 1. The van der Waals surface area contributed by atoms with Crippen LogP contribution in [0, 0.1) is 0 Å². The first-order valence-electron chi connectivity index (χ1n) is 7.41. The summed E-state index contributed by atoms with van der Waals surface area (Å²) in [6.07, 6.45) is 1.47. The maximum atomic E-state index is 11.5. The Morgan fingerprint density at radius 2 is 2.00 bits per heavy atom. The quantitative estimate of drug-likeness (QED) is 0.862. The molecule has 1 heterocycles. The minimum Gasteiger partial charge on any atom is -0.352 e. The van der Waals surface area contributed by atoms with Crippen LogP contribution in [-0.2, 0) is 11.3 Å². The third-order valence-electron chi connectivity index (χ3n) is 3.28. The van der Waals surface area contributed by atoms with Gasteiger partial charge in [-0.15, -0.1) is 11.3 Å². The molecule has 2 rings (SSSR count). The van der Waals surface area contributed by atoms with E-state index in [0.717, 1.165) is 28.2 Å². The summed E-state index contributed by atoms with van der Waals surface area (Å²) in [6.45, 7) is 6.91. The van der Waals surface area contributed by atoms with Gasteiger partial charge in [0.1, 0.15) is 5.01 Å². The molecule has 1 amide bonds. The number of amides is 1. The van der Waals surface area contributed by atoms with E-state index in [2.05, 4.69) is 53.8 Å². The molecule has 0 radical (unpaired) electrons. The van der Waals surface area contributed by atoms with Crippen LogP contribution in [0.4, 0.5) is 0 Å². The molecule has 0 saturated heterocycles. The van der Waals surface area contributed by atoms with Gasteiger partial charge in [-0.25, -0.2) is 4.98 Å². The molecule has 21 heavy (non-hydrogen) atoms. The first kappa shape index (κ1) is 15.7. The number of nitrogens with zero attached hydrogens (tertiary/aromatic N) is 1. The van der Waals surface area contributed by atoms with Gasteiger partial charge in [-0.05, 0) is 17.9 Å². The number of aromatic nitrogens is 1. The van der Waals surface area contributed by atoms with Gasteiger partial charge in [0.25, 0.3) is 0 Å². The Morgan fingerprint density at radius 3 is 2.57 bits per heavy atom. The zero-order valence-electron chi connectivity index (χ0n) is 12.8. The fourth-order valence-electron chi connectivity index (χ4n) is 1.97. The van der Waals surface area contributed by atoms with Crippen molar-refractivity contribution < 1.29 is 4.79 Å². The third kappa shape index (κ3) is 4.39. The molecular formula is C17H22N2OS. The van der Waals surface area contributed by atoms with Crippen molar-refractivity contribution in [3.8, 4) is 10.6 Å². The molecule has 3 nitrogen and oxygen atoms in total. The van der Waals surface area contributed by atoms with E-state index >= 15 is 0 Å². The van der Waals surface area contributed by atoms with Crippen LogP contribution >= 0.6 is 11.3 Å². The summed E-state index contributed by atoms with van der Waals surface area (Å²) in [7, 11) is 0. The van der Waals surface area contributed by atoms with Crippen LogP contribution in [-0.4, -0.2) is 10.9 Å². The van der Waals surface area contributed by atoms with Gasteiger partial charge in [-0.2, -0.15) is 0 Å². The number of nitrogens with one attached hydrogen (secondary N) is 1. The first-order chi connectivity index (χ1) is 10.1. The smallest absolute Gasteiger partial charge is 0.220 e. The van der Waals surface area contributed by atoms with Gasteiger partial charge in [-0.1, -0.05) is 45.0 Å². The lowest BCUT2D eigenvalue weighted by molar-refractivity contribution is -0.121. The average molecular weight is 302 g/mol. The van der Waals surface area contributed by atoms with Crippen LogP contribution in [0.2, 0.25) is 0 Å². The van der Waals surface area contributed by atoms with Crippen molar-refractivity contribution in [1.29, 1.82) is 0 Å². The Morgan fingerprint density at radius 1 is 1.29 bits per heavy atom. The van der Waals surface area contributed by atoms with Gasteiger partial charge in [0, 0.05) is 23.9 Å². The van der Waals surface area contributed by atoms with Crippen LogP contribution < -0.4 is 5.32 Å². The lowest BCUT2D eigenvalue weighted by Crippen LogP contribution is -2.21. The van der Waals surface area contributed by atoms with E-state index < -0.39 is 0 Å². The molecule has 4 heteroatoms. The highest BCUT2D eigenvalue weighted by Gasteiger charge is 2.07. The van der Waals surface area contributed by atoms with Gasteiger partial charge in [0.15, 0.2) is 0 Å². The molecule has 0 aliphatic carbocycles. The summed E-state index contributed by atoms with van der Waals surface area (Å²) in [4.78, 5) is 16.1. The highest BCUT2D eigenvalue weighted by atomic mass is 32.1. The van der Waals surface area contributed by atoms with Crippen molar-refractivity contribution in [1.82, 2.24) is 10.3 Å². The van der Waals surface area contributed by atoms with Crippen molar-refractivity contribution in [2.24, 2.45) is 0 Å². The Kier molecular flexibility index (Phi) is 5.51. The average Bonchev–Trinajstić information content (AvgIpc) is 2.96. The van der Waals surface area contributed by atoms with E-state index in [9.17, 15) is 4.79 Å². The zero-order valence-corrected chi connectivity index (χ0v) is 13.7. The number of thiazole rings is 1. The molecule has 2 aromatic rings. The standard InChI is InChI=1S/C17H22N2OS/c1-4-5-16(20)18-10-13-6-8-14(9-7-13)17-19-15(11-21-17)12(2)3/h6-9,11-12H,4-5,10H2,1-3H3,(H,18,20). The van der Waals surface area contributed by atoms with Crippen molar-refractivity contribution in [2.75, 3.05) is 0 Å². The molecule has 0 aliphatic heterocycles. The van der Waals surface area contributed by atoms with Gasteiger partial charge in [-0.3, -0.25) is 4.79 Å². The lowest BCUT2D eigenvalue weighted by Gasteiger charge is -2.05. The Labute approximate surface area is 130 Å². The van der Waals surface area contributed by atoms with E-state index in [0.29, 0.717) is 18.9 Å². The lowest BCUT2D eigenvalue weighted by atomic mass is 10.1. The summed E-state index contributed by atoms with van der Waals surface area (Å²) < 4.78 is 0. The number of hydrogen-bond donors (Lipinski definition) is 1.